The van der Waals surface area contributed by atoms with Gasteiger partial charge < -0.3 is 15.4 Å². The molecule has 1 saturated heterocycles. The van der Waals surface area contributed by atoms with Crippen molar-refractivity contribution in [1.29, 1.82) is 0 Å². The number of ether oxygens (including phenoxy) is 1. The number of rotatable bonds is 4. The van der Waals surface area contributed by atoms with Crippen molar-refractivity contribution in [3.05, 3.63) is 54.1 Å². The Kier molecular flexibility index (Phi) is 4.65. The van der Waals surface area contributed by atoms with Crippen molar-refractivity contribution in [3.8, 4) is 5.75 Å². The van der Waals surface area contributed by atoms with Gasteiger partial charge in [0.05, 0.1) is 18.0 Å². The lowest BCUT2D eigenvalue weighted by atomic mass is 10.1. The molecule has 0 aromatic heterocycles. The Morgan fingerprint density at radius 1 is 1.15 bits per heavy atom. The molecule has 8 heteroatoms. The molecule has 2 aliphatic rings. The first kappa shape index (κ1) is 17.7. The molecule has 2 aromatic rings. The van der Waals surface area contributed by atoms with E-state index in [1.807, 2.05) is 24.3 Å². The van der Waals surface area contributed by atoms with E-state index in [0.29, 0.717) is 30.9 Å². The fourth-order valence-electron chi connectivity index (χ4n) is 3.39. The van der Waals surface area contributed by atoms with Crippen LogP contribution in [0, 0.1) is 0 Å². The van der Waals surface area contributed by atoms with E-state index in [1.165, 1.54) is 4.31 Å². The Morgan fingerprint density at radius 3 is 2.63 bits per heavy atom. The van der Waals surface area contributed by atoms with Crippen LogP contribution in [-0.4, -0.2) is 39.4 Å². The fourth-order valence-corrected chi connectivity index (χ4v) is 4.95. The van der Waals surface area contributed by atoms with Crippen LogP contribution in [0.2, 0.25) is 0 Å². The maximum Gasteiger partial charge on any atom is 0.319 e. The van der Waals surface area contributed by atoms with Crippen molar-refractivity contribution in [3.63, 3.8) is 0 Å². The average Bonchev–Trinajstić information content (AvgIpc) is 3.23. The predicted octanol–water partition coefficient (Wildman–Crippen LogP) is 2.35. The lowest BCUT2D eigenvalue weighted by Crippen LogP contribution is -2.37. The maximum atomic E-state index is 12.1. The van der Waals surface area contributed by atoms with E-state index in [1.54, 1.807) is 24.3 Å². The van der Waals surface area contributed by atoms with Crippen molar-refractivity contribution in [2.45, 2.75) is 18.9 Å². The SMILES string of the molecule is O=C(NCC1Cc2ccccc2O1)Nc1ccc(N2CCCS2(=O)=O)cc1. The summed E-state index contributed by atoms with van der Waals surface area (Å²) in [6, 6.07) is 14.3. The van der Waals surface area contributed by atoms with E-state index in [0.717, 1.165) is 17.7 Å². The number of para-hydroxylation sites is 1. The third-order valence-electron chi connectivity index (χ3n) is 4.72. The molecule has 0 bridgehead atoms. The third kappa shape index (κ3) is 3.85. The molecule has 0 saturated carbocycles. The molecule has 2 amide bonds. The second-order valence-electron chi connectivity index (χ2n) is 6.68. The van der Waals surface area contributed by atoms with Gasteiger partial charge in [0.15, 0.2) is 0 Å². The second kappa shape index (κ2) is 7.11. The number of nitrogens with one attached hydrogen (secondary N) is 2. The molecule has 2 aromatic carbocycles. The highest BCUT2D eigenvalue weighted by atomic mass is 32.2. The average molecular weight is 387 g/mol. The van der Waals surface area contributed by atoms with Crippen LogP contribution in [0.15, 0.2) is 48.5 Å². The summed E-state index contributed by atoms with van der Waals surface area (Å²) in [5.74, 6) is 1.06. The minimum atomic E-state index is -3.20. The molecule has 7 nitrogen and oxygen atoms in total. The van der Waals surface area contributed by atoms with Crippen LogP contribution in [0.3, 0.4) is 0 Å². The normalized spacial score (nSPS) is 20.0. The number of sulfonamides is 1. The minimum absolute atomic E-state index is 0.0732. The van der Waals surface area contributed by atoms with Crippen LogP contribution in [0.25, 0.3) is 0 Å². The molecular formula is C19H21N3O4S. The van der Waals surface area contributed by atoms with Crippen LogP contribution in [0.1, 0.15) is 12.0 Å². The summed E-state index contributed by atoms with van der Waals surface area (Å²) >= 11 is 0. The first-order valence-electron chi connectivity index (χ1n) is 8.91. The lowest BCUT2D eigenvalue weighted by molar-refractivity contribution is 0.219. The molecule has 1 atom stereocenters. The predicted molar refractivity (Wildman–Crippen MR) is 104 cm³/mol. The second-order valence-corrected chi connectivity index (χ2v) is 8.69. The van der Waals surface area contributed by atoms with E-state index in [4.69, 9.17) is 4.74 Å². The monoisotopic (exact) mass is 387 g/mol. The highest BCUT2D eigenvalue weighted by Crippen LogP contribution is 2.28. The largest absolute Gasteiger partial charge is 0.488 e. The van der Waals surface area contributed by atoms with Gasteiger partial charge in [-0.05, 0) is 42.3 Å². The number of hydrogen-bond acceptors (Lipinski definition) is 4. The van der Waals surface area contributed by atoms with Gasteiger partial charge in [-0.15, -0.1) is 0 Å². The number of carbonyl (C=O) groups is 1. The molecular weight excluding hydrogens is 366 g/mol. The van der Waals surface area contributed by atoms with Crippen LogP contribution in [-0.2, 0) is 16.4 Å². The van der Waals surface area contributed by atoms with Gasteiger partial charge in [-0.2, -0.15) is 0 Å². The quantitative estimate of drug-likeness (QED) is 0.843. The van der Waals surface area contributed by atoms with E-state index >= 15 is 0 Å². The van der Waals surface area contributed by atoms with Gasteiger partial charge >= 0.3 is 6.03 Å². The van der Waals surface area contributed by atoms with Crippen molar-refractivity contribution < 1.29 is 17.9 Å². The highest BCUT2D eigenvalue weighted by molar-refractivity contribution is 7.93. The van der Waals surface area contributed by atoms with Gasteiger partial charge in [0, 0.05) is 18.7 Å². The topological polar surface area (TPSA) is 87.7 Å². The smallest absolute Gasteiger partial charge is 0.319 e. The fraction of sp³-hybridized carbons (Fsp3) is 0.316. The summed E-state index contributed by atoms with van der Waals surface area (Å²) in [6.07, 6.45) is 1.34. The number of anilines is 2. The molecule has 1 unspecified atom stereocenters. The van der Waals surface area contributed by atoms with E-state index in [-0.39, 0.29) is 17.9 Å². The van der Waals surface area contributed by atoms with E-state index in [2.05, 4.69) is 10.6 Å². The zero-order valence-corrected chi connectivity index (χ0v) is 15.5. The summed E-state index contributed by atoms with van der Waals surface area (Å²) < 4.78 is 31.1. The summed E-state index contributed by atoms with van der Waals surface area (Å²) in [5, 5.41) is 5.56. The summed E-state index contributed by atoms with van der Waals surface area (Å²) in [6.45, 7) is 0.907. The van der Waals surface area contributed by atoms with Crippen LogP contribution >= 0.6 is 0 Å². The van der Waals surface area contributed by atoms with Crippen molar-refractivity contribution in [2.75, 3.05) is 28.5 Å². The number of benzene rings is 2. The van der Waals surface area contributed by atoms with Crippen LogP contribution in [0.4, 0.5) is 16.2 Å². The van der Waals surface area contributed by atoms with Crippen molar-refractivity contribution in [1.82, 2.24) is 5.32 Å². The molecule has 4 rings (SSSR count). The van der Waals surface area contributed by atoms with Gasteiger partial charge in [0.2, 0.25) is 10.0 Å². The Morgan fingerprint density at radius 2 is 1.93 bits per heavy atom. The first-order valence-corrected chi connectivity index (χ1v) is 10.5. The Labute approximate surface area is 158 Å². The molecule has 142 valence electrons. The number of amides is 2. The first-order chi connectivity index (χ1) is 13.0. The van der Waals surface area contributed by atoms with Crippen LogP contribution < -0.4 is 19.7 Å². The minimum Gasteiger partial charge on any atom is -0.488 e. The summed E-state index contributed by atoms with van der Waals surface area (Å²) in [7, 11) is -3.20. The molecule has 0 spiro atoms. The highest BCUT2D eigenvalue weighted by Gasteiger charge is 2.28. The molecule has 2 N–H and O–H groups in total. The number of urea groups is 1. The van der Waals surface area contributed by atoms with E-state index < -0.39 is 10.0 Å². The number of nitrogens with zero attached hydrogens (tertiary/aromatic N) is 1. The zero-order chi connectivity index (χ0) is 18.9. The molecule has 0 aliphatic carbocycles. The molecule has 2 aliphatic heterocycles. The van der Waals surface area contributed by atoms with Gasteiger partial charge in [-0.25, -0.2) is 13.2 Å². The third-order valence-corrected chi connectivity index (χ3v) is 6.59. The van der Waals surface area contributed by atoms with Gasteiger partial charge in [-0.3, -0.25) is 4.31 Å². The molecule has 0 radical (unpaired) electrons. The van der Waals surface area contributed by atoms with E-state index in [9.17, 15) is 13.2 Å². The lowest BCUT2D eigenvalue weighted by Gasteiger charge is -2.17. The molecule has 2 heterocycles. The Bertz CT molecular complexity index is 919. The number of fused-ring (bicyclic) bond motifs is 1. The zero-order valence-electron chi connectivity index (χ0n) is 14.7. The number of hydrogen-bond donors (Lipinski definition) is 2. The van der Waals surface area contributed by atoms with Gasteiger partial charge in [0.25, 0.3) is 0 Å². The summed E-state index contributed by atoms with van der Waals surface area (Å²) in [5.41, 5.74) is 2.37. The maximum absolute atomic E-state index is 12.1. The standard InChI is InChI=1S/C19H21N3O4S/c23-19(20-13-17-12-14-4-1-2-5-18(14)26-17)21-15-6-8-16(9-7-15)22-10-3-11-27(22,24)25/h1-2,4-9,17H,3,10-13H2,(H2,20,21,23). The molecule has 27 heavy (non-hydrogen) atoms. The van der Waals surface area contributed by atoms with Crippen molar-refractivity contribution >= 4 is 27.4 Å². The number of carbonyl (C=O) groups excluding carboxylic acids is 1. The summed E-state index contributed by atoms with van der Waals surface area (Å²) in [4.78, 5) is 12.1. The van der Waals surface area contributed by atoms with Gasteiger partial charge in [0.1, 0.15) is 11.9 Å². The Balaban J connectivity index is 1.29. The Hall–Kier alpha value is -2.74. The van der Waals surface area contributed by atoms with Crippen LogP contribution in [0.5, 0.6) is 5.75 Å². The van der Waals surface area contributed by atoms with Crippen molar-refractivity contribution in [2.24, 2.45) is 0 Å². The molecule has 1 fully saturated rings. The van der Waals surface area contributed by atoms with Gasteiger partial charge in [-0.1, -0.05) is 18.2 Å².